The largest absolute Gasteiger partial charge is 0.341 e. The van der Waals surface area contributed by atoms with Gasteiger partial charge in [0.25, 0.3) is 0 Å². The Morgan fingerprint density at radius 2 is 2.06 bits per heavy atom. The molecule has 4 heteroatoms. The molecule has 1 saturated heterocycles. The minimum absolute atomic E-state index is 0.285. The van der Waals surface area contributed by atoms with Gasteiger partial charge < -0.3 is 9.80 Å². The Bertz CT molecular complexity index is 268. The van der Waals surface area contributed by atoms with E-state index in [4.69, 9.17) is 0 Å². The quantitative estimate of drug-likeness (QED) is 0.712. The normalized spacial score (nSPS) is 20.4. The molecule has 4 nitrogen and oxygen atoms in total. The number of rotatable bonds is 6. The summed E-state index contributed by atoms with van der Waals surface area (Å²) in [5, 5.41) is 0. The maximum Gasteiger partial charge on any atom is 0.236 e. The van der Waals surface area contributed by atoms with Gasteiger partial charge in [-0.25, -0.2) is 0 Å². The van der Waals surface area contributed by atoms with E-state index in [0.29, 0.717) is 18.5 Å². The molecule has 1 aliphatic heterocycles. The van der Waals surface area contributed by atoms with Gasteiger partial charge in [0.05, 0.1) is 6.54 Å². The third-order valence-corrected chi connectivity index (χ3v) is 4.01. The summed E-state index contributed by atoms with van der Waals surface area (Å²) in [6.45, 7) is 11.0. The van der Waals surface area contributed by atoms with Crippen LogP contribution in [0.1, 0.15) is 27.2 Å². The van der Waals surface area contributed by atoms with Crippen molar-refractivity contribution in [1.29, 1.82) is 0 Å². The van der Waals surface area contributed by atoms with E-state index in [9.17, 15) is 4.79 Å². The van der Waals surface area contributed by atoms with Crippen LogP contribution in [0, 0.1) is 5.92 Å². The minimum Gasteiger partial charge on any atom is -0.341 e. The van der Waals surface area contributed by atoms with Gasteiger partial charge in [-0.3, -0.25) is 9.69 Å². The molecule has 1 amide bonds. The van der Waals surface area contributed by atoms with Gasteiger partial charge >= 0.3 is 0 Å². The molecule has 0 unspecified atom stereocenters. The first kappa shape index (κ1) is 15.4. The highest BCUT2D eigenvalue weighted by molar-refractivity contribution is 5.78. The van der Waals surface area contributed by atoms with Gasteiger partial charge in [0.15, 0.2) is 0 Å². The van der Waals surface area contributed by atoms with Gasteiger partial charge in [0.2, 0.25) is 5.91 Å². The second-order valence-electron chi connectivity index (χ2n) is 5.86. The predicted octanol–water partition coefficient (Wildman–Crippen LogP) is 1.13. The lowest BCUT2D eigenvalue weighted by atomic mass is 10.1. The van der Waals surface area contributed by atoms with Crippen LogP contribution in [-0.2, 0) is 4.79 Å². The van der Waals surface area contributed by atoms with Crippen LogP contribution in [0.5, 0.6) is 0 Å². The zero-order chi connectivity index (χ0) is 13.7. The highest BCUT2D eigenvalue weighted by Gasteiger charge is 2.27. The Morgan fingerprint density at radius 1 is 1.39 bits per heavy atom. The van der Waals surface area contributed by atoms with Crippen molar-refractivity contribution in [2.24, 2.45) is 5.92 Å². The first-order chi connectivity index (χ1) is 8.43. The SMILES string of the molecule is CCN(C)C[C@@H]1CCN(C(=O)CN(C)C(C)C)C1. The molecule has 0 aromatic heterocycles. The molecule has 0 radical (unpaired) electrons. The van der Waals surface area contributed by atoms with E-state index in [1.165, 1.54) is 0 Å². The molecular weight excluding hydrogens is 226 g/mol. The van der Waals surface area contributed by atoms with E-state index in [-0.39, 0.29) is 5.91 Å². The summed E-state index contributed by atoms with van der Waals surface area (Å²) in [6, 6.07) is 0.429. The molecule has 0 N–H and O–H groups in total. The van der Waals surface area contributed by atoms with Crippen LogP contribution in [0.25, 0.3) is 0 Å². The van der Waals surface area contributed by atoms with Crippen molar-refractivity contribution in [3.8, 4) is 0 Å². The molecular formula is C14H29N3O. The summed E-state index contributed by atoms with van der Waals surface area (Å²) in [6.07, 6.45) is 1.15. The van der Waals surface area contributed by atoms with E-state index in [1.54, 1.807) is 0 Å². The molecule has 0 aliphatic carbocycles. The second kappa shape index (κ2) is 7.10. The van der Waals surface area contributed by atoms with E-state index >= 15 is 0 Å². The molecule has 0 spiro atoms. The molecule has 0 saturated carbocycles. The number of carbonyl (C=O) groups excluding carboxylic acids is 1. The Morgan fingerprint density at radius 3 is 2.61 bits per heavy atom. The van der Waals surface area contributed by atoms with Gasteiger partial charge in [-0.2, -0.15) is 0 Å². The van der Waals surface area contributed by atoms with Crippen LogP contribution >= 0.6 is 0 Å². The third kappa shape index (κ3) is 4.58. The Balaban J connectivity index is 2.34. The lowest BCUT2D eigenvalue weighted by Gasteiger charge is -2.24. The monoisotopic (exact) mass is 255 g/mol. The minimum atomic E-state index is 0.285. The number of carbonyl (C=O) groups is 1. The Hall–Kier alpha value is -0.610. The second-order valence-corrected chi connectivity index (χ2v) is 5.86. The zero-order valence-electron chi connectivity index (χ0n) is 12.6. The van der Waals surface area contributed by atoms with E-state index < -0.39 is 0 Å². The number of amides is 1. The van der Waals surface area contributed by atoms with Crippen molar-refractivity contribution in [3.05, 3.63) is 0 Å². The topological polar surface area (TPSA) is 26.8 Å². The predicted molar refractivity (Wildman–Crippen MR) is 75.6 cm³/mol. The smallest absolute Gasteiger partial charge is 0.236 e. The molecule has 1 atom stereocenters. The molecule has 0 bridgehead atoms. The number of hydrogen-bond donors (Lipinski definition) is 0. The third-order valence-electron chi connectivity index (χ3n) is 4.01. The fourth-order valence-corrected chi connectivity index (χ4v) is 2.27. The molecule has 0 aromatic carbocycles. The average molecular weight is 255 g/mol. The first-order valence-corrected chi connectivity index (χ1v) is 7.10. The van der Waals surface area contributed by atoms with Crippen molar-refractivity contribution in [2.75, 3.05) is 46.8 Å². The maximum absolute atomic E-state index is 12.1. The van der Waals surface area contributed by atoms with Crippen LogP contribution in [0.3, 0.4) is 0 Å². The number of hydrogen-bond acceptors (Lipinski definition) is 3. The number of likely N-dealkylation sites (tertiary alicyclic amines) is 1. The lowest BCUT2D eigenvalue weighted by Crippen LogP contribution is -2.40. The zero-order valence-corrected chi connectivity index (χ0v) is 12.6. The fraction of sp³-hybridized carbons (Fsp3) is 0.929. The Labute approximate surface area is 112 Å². The molecule has 1 heterocycles. The van der Waals surface area contributed by atoms with Crippen molar-refractivity contribution in [3.63, 3.8) is 0 Å². The van der Waals surface area contributed by atoms with Crippen LogP contribution in [0.4, 0.5) is 0 Å². The number of nitrogens with zero attached hydrogens (tertiary/aromatic N) is 3. The highest BCUT2D eigenvalue weighted by atomic mass is 16.2. The summed E-state index contributed by atoms with van der Waals surface area (Å²) in [5.41, 5.74) is 0. The molecule has 1 aliphatic rings. The summed E-state index contributed by atoms with van der Waals surface area (Å²) in [7, 11) is 4.16. The van der Waals surface area contributed by atoms with Crippen molar-refractivity contribution in [1.82, 2.24) is 14.7 Å². The molecule has 18 heavy (non-hydrogen) atoms. The summed E-state index contributed by atoms with van der Waals surface area (Å²) >= 11 is 0. The Kier molecular flexibility index (Phi) is 6.09. The van der Waals surface area contributed by atoms with Crippen LogP contribution in [0.2, 0.25) is 0 Å². The van der Waals surface area contributed by atoms with Gasteiger partial charge in [0, 0.05) is 25.7 Å². The molecule has 0 aromatic rings. The molecule has 106 valence electrons. The number of likely N-dealkylation sites (N-methyl/N-ethyl adjacent to an activating group) is 1. The van der Waals surface area contributed by atoms with Crippen molar-refractivity contribution in [2.45, 2.75) is 33.2 Å². The van der Waals surface area contributed by atoms with Gasteiger partial charge in [-0.05, 0) is 46.8 Å². The van der Waals surface area contributed by atoms with Crippen molar-refractivity contribution >= 4 is 5.91 Å². The standard InChI is InChI=1S/C14H29N3O/c1-6-15(4)9-13-7-8-17(10-13)14(18)11-16(5)12(2)3/h12-13H,6-11H2,1-5H3/t13-/m0/s1. The fourth-order valence-electron chi connectivity index (χ4n) is 2.27. The highest BCUT2D eigenvalue weighted by Crippen LogP contribution is 2.17. The van der Waals surface area contributed by atoms with Gasteiger partial charge in [-0.15, -0.1) is 0 Å². The maximum atomic E-state index is 12.1. The van der Waals surface area contributed by atoms with E-state index in [1.807, 2.05) is 11.9 Å². The molecule has 1 fully saturated rings. The van der Waals surface area contributed by atoms with E-state index in [2.05, 4.69) is 37.6 Å². The van der Waals surface area contributed by atoms with Crippen molar-refractivity contribution < 1.29 is 4.79 Å². The average Bonchev–Trinajstić information content (AvgIpc) is 2.77. The van der Waals surface area contributed by atoms with Gasteiger partial charge in [0.1, 0.15) is 0 Å². The van der Waals surface area contributed by atoms with Crippen LogP contribution in [-0.4, -0.2) is 73.5 Å². The van der Waals surface area contributed by atoms with Crippen LogP contribution < -0.4 is 0 Å². The summed E-state index contributed by atoms with van der Waals surface area (Å²) < 4.78 is 0. The van der Waals surface area contributed by atoms with Crippen LogP contribution in [0.15, 0.2) is 0 Å². The summed E-state index contributed by atoms with van der Waals surface area (Å²) in [5.74, 6) is 0.941. The summed E-state index contributed by atoms with van der Waals surface area (Å²) in [4.78, 5) is 18.6. The van der Waals surface area contributed by atoms with E-state index in [0.717, 1.165) is 32.6 Å². The molecule has 1 rings (SSSR count). The van der Waals surface area contributed by atoms with Gasteiger partial charge in [-0.1, -0.05) is 6.92 Å². The first-order valence-electron chi connectivity index (χ1n) is 7.10. The lowest BCUT2D eigenvalue weighted by molar-refractivity contribution is -0.131.